The molecule has 0 saturated carbocycles. The summed E-state index contributed by atoms with van der Waals surface area (Å²) in [6, 6.07) is 1.67. The van der Waals surface area contributed by atoms with Crippen molar-refractivity contribution in [2.24, 2.45) is 0 Å². The standard InChI is InChI=1S/C14H22F2N2O2S/c1-2-3-4-5-6-7-8-18-21(19,20)13-10-11(17)9-12(15)14(13)16/h9-10,18H,2-8,17H2,1H3. The Morgan fingerprint density at radius 3 is 2.38 bits per heavy atom. The highest BCUT2D eigenvalue weighted by Crippen LogP contribution is 2.20. The van der Waals surface area contributed by atoms with Crippen LogP contribution >= 0.6 is 0 Å². The number of hydrogen-bond donors (Lipinski definition) is 2. The topological polar surface area (TPSA) is 72.2 Å². The maximum absolute atomic E-state index is 13.5. The summed E-state index contributed by atoms with van der Waals surface area (Å²) in [5.41, 5.74) is 5.22. The minimum absolute atomic E-state index is 0.131. The number of hydrogen-bond acceptors (Lipinski definition) is 3. The van der Waals surface area contributed by atoms with E-state index in [9.17, 15) is 17.2 Å². The van der Waals surface area contributed by atoms with Crippen LogP contribution in [0.25, 0.3) is 0 Å². The minimum Gasteiger partial charge on any atom is -0.399 e. The fraction of sp³-hybridized carbons (Fsp3) is 0.571. The van der Waals surface area contributed by atoms with Crippen molar-refractivity contribution in [1.82, 2.24) is 4.72 Å². The third-order valence-electron chi connectivity index (χ3n) is 3.13. The summed E-state index contributed by atoms with van der Waals surface area (Å²) in [4.78, 5) is -0.744. The molecule has 0 atom stereocenters. The van der Waals surface area contributed by atoms with E-state index >= 15 is 0 Å². The maximum Gasteiger partial charge on any atom is 0.243 e. The number of benzene rings is 1. The summed E-state index contributed by atoms with van der Waals surface area (Å²) in [5.74, 6) is -2.67. The van der Waals surface area contributed by atoms with Crippen LogP contribution in [0.4, 0.5) is 14.5 Å². The number of anilines is 1. The van der Waals surface area contributed by atoms with Crippen LogP contribution < -0.4 is 10.5 Å². The third-order valence-corrected chi connectivity index (χ3v) is 4.59. The zero-order valence-corrected chi connectivity index (χ0v) is 13.0. The van der Waals surface area contributed by atoms with Crippen molar-refractivity contribution in [3.63, 3.8) is 0 Å². The Morgan fingerprint density at radius 1 is 1.10 bits per heavy atom. The molecule has 0 aromatic heterocycles. The molecule has 0 aliphatic heterocycles. The van der Waals surface area contributed by atoms with Gasteiger partial charge in [-0.05, 0) is 18.6 Å². The first-order valence-corrected chi connectivity index (χ1v) is 8.61. The molecule has 120 valence electrons. The molecule has 1 aromatic carbocycles. The Hall–Kier alpha value is -1.21. The summed E-state index contributed by atoms with van der Waals surface area (Å²) in [6.07, 6.45) is 6.03. The largest absolute Gasteiger partial charge is 0.399 e. The fourth-order valence-electron chi connectivity index (χ4n) is 1.97. The van der Waals surface area contributed by atoms with Gasteiger partial charge in [0.2, 0.25) is 10.0 Å². The lowest BCUT2D eigenvalue weighted by atomic mass is 10.1. The van der Waals surface area contributed by atoms with E-state index in [0.29, 0.717) is 6.42 Å². The molecule has 0 unspecified atom stereocenters. The van der Waals surface area contributed by atoms with E-state index in [2.05, 4.69) is 11.6 Å². The van der Waals surface area contributed by atoms with E-state index < -0.39 is 26.6 Å². The van der Waals surface area contributed by atoms with Gasteiger partial charge in [0.1, 0.15) is 4.90 Å². The van der Waals surface area contributed by atoms with Crippen LogP contribution in [0.3, 0.4) is 0 Å². The van der Waals surface area contributed by atoms with Crippen LogP contribution in [-0.4, -0.2) is 15.0 Å². The highest BCUT2D eigenvalue weighted by molar-refractivity contribution is 7.89. The molecule has 0 spiro atoms. The summed E-state index contributed by atoms with van der Waals surface area (Å²) < 4.78 is 52.8. The summed E-state index contributed by atoms with van der Waals surface area (Å²) in [5, 5.41) is 0. The quantitative estimate of drug-likeness (QED) is 0.542. The fourth-order valence-corrected chi connectivity index (χ4v) is 3.16. The molecule has 0 amide bonds. The smallest absolute Gasteiger partial charge is 0.243 e. The van der Waals surface area contributed by atoms with Gasteiger partial charge in [0, 0.05) is 12.2 Å². The zero-order chi connectivity index (χ0) is 15.9. The van der Waals surface area contributed by atoms with E-state index in [0.717, 1.165) is 37.8 Å². The highest BCUT2D eigenvalue weighted by atomic mass is 32.2. The van der Waals surface area contributed by atoms with Crippen LogP contribution in [-0.2, 0) is 10.0 Å². The molecule has 4 nitrogen and oxygen atoms in total. The number of sulfonamides is 1. The van der Waals surface area contributed by atoms with Crippen LogP contribution in [0.15, 0.2) is 17.0 Å². The van der Waals surface area contributed by atoms with Gasteiger partial charge in [-0.25, -0.2) is 21.9 Å². The molecule has 1 aromatic rings. The van der Waals surface area contributed by atoms with E-state index in [1.807, 2.05) is 0 Å². The second-order valence-corrected chi connectivity index (χ2v) is 6.72. The second kappa shape index (κ2) is 8.29. The van der Waals surface area contributed by atoms with Crippen molar-refractivity contribution < 1.29 is 17.2 Å². The maximum atomic E-state index is 13.5. The molecule has 0 fully saturated rings. The lowest BCUT2D eigenvalue weighted by Gasteiger charge is -2.09. The second-order valence-electron chi connectivity index (χ2n) is 4.98. The molecule has 3 N–H and O–H groups in total. The molecule has 0 aliphatic rings. The highest BCUT2D eigenvalue weighted by Gasteiger charge is 2.22. The van der Waals surface area contributed by atoms with Crippen molar-refractivity contribution in [2.45, 2.75) is 50.3 Å². The number of halogens is 2. The average molecular weight is 320 g/mol. The van der Waals surface area contributed by atoms with Gasteiger partial charge >= 0.3 is 0 Å². The van der Waals surface area contributed by atoms with E-state index in [4.69, 9.17) is 5.73 Å². The number of nitrogens with two attached hydrogens (primary N) is 1. The molecular formula is C14H22F2N2O2S. The van der Waals surface area contributed by atoms with Crippen LogP contribution in [0.1, 0.15) is 45.4 Å². The van der Waals surface area contributed by atoms with Gasteiger partial charge in [0.25, 0.3) is 0 Å². The first kappa shape index (κ1) is 17.8. The molecule has 0 radical (unpaired) electrons. The van der Waals surface area contributed by atoms with Crippen molar-refractivity contribution in [1.29, 1.82) is 0 Å². The summed E-state index contributed by atoms with van der Waals surface area (Å²) >= 11 is 0. The van der Waals surface area contributed by atoms with E-state index in [1.54, 1.807) is 0 Å². The summed E-state index contributed by atoms with van der Waals surface area (Å²) in [7, 11) is -4.08. The van der Waals surface area contributed by atoms with Gasteiger partial charge < -0.3 is 5.73 Å². The molecule has 7 heteroatoms. The number of rotatable bonds is 9. The van der Waals surface area contributed by atoms with Gasteiger partial charge in [0.05, 0.1) is 0 Å². The molecular weight excluding hydrogens is 298 g/mol. The Morgan fingerprint density at radius 2 is 1.71 bits per heavy atom. The predicted molar refractivity (Wildman–Crippen MR) is 79.3 cm³/mol. The number of nitrogen functional groups attached to an aromatic ring is 1. The Balaban J connectivity index is 2.55. The predicted octanol–water partition coefficient (Wildman–Crippen LogP) is 3.19. The summed E-state index contributed by atoms with van der Waals surface area (Å²) in [6.45, 7) is 2.32. The first-order valence-electron chi connectivity index (χ1n) is 7.12. The van der Waals surface area contributed by atoms with Crippen LogP contribution in [0.5, 0.6) is 0 Å². The Bertz CT molecular complexity index is 562. The third kappa shape index (κ3) is 5.59. The van der Waals surface area contributed by atoms with E-state index in [1.165, 1.54) is 6.42 Å². The van der Waals surface area contributed by atoms with Crippen LogP contribution in [0, 0.1) is 11.6 Å². The molecule has 0 bridgehead atoms. The zero-order valence-electron chi connectivity index (χ0n) is 12.2. The van der Waals surface area contributed by atoms with Gasteiger partial charge in [-0.2, -0.15) is 0 Å². The Labute approximate surface area is 124 Å². The van der Waals surface area contributed by atoms with Gasteiger partial charge in [-0.15, -0.1) is 0 Å². The first-order chi connectivity index (χ1) is 9.88. The Kier molecular flexibility index (Phi) is 7.04. The van der Waals surface area contributed by atoms with Crippen LogP contribution in [0.2, 0.25) is 0 Å². The van der Waals surface area contributed by atoms with Gasteiger partial charge in [0.15, 0.2) is 11.6 Å². The SMILES string of the molecule is CCCCCCCCNS(=O)(=O)c1cc(N)cc(F)c1F. The molecule has 0 aliphatic carbocycles. The number of unbranched alkanes of at least 4 members (excludes halogenated alkanes) is 5. The van der Waals surface area contributed by atoms with Gasteiger partial charge in [-0.3, -0.25) is 0 Å². The molecule has 1 rings (SSSR count). The lowest BCUT2D eigenvalue weighted by molar-refractivity contribution is 0.483. The van der Waals surface area contributed by atoms with Crippen molar-refractivity contribution >= 4 is 15.7 Å². The normalized spacial score (nSPS) is 11.8. The van der Waals surface area contributed by atoms with Crippen molar-refractivity contribution in [2.75, 3.05) is 12.3 Å². The average Bonchev–Trinajstić information content (AvgIpc) is 2.41. The number of nitrogens with one attached hydrogen (secondary N) is 1. The molecule has 0 saturated heterocycles. The molecule has 21 heavy (non-hydrogen) atoms. The van der Waals surface area contributed by atoms with Gasteiger partial charge in [-0.1, -0.05) is 39.0 Å². The minimum atomic E-state index is -4.08. The van der Waals surface area contributed by atoms with Crippen molar-refractivity contribution in [3.8, 4) is 0 Å². The molecule has 0 heterocycles. The monoisotopic (exact) mass is 320 g/mol. The lowest BCUT2D eigenvalue weighted by Crippen LogP contribution is -2.26. The van der Waals surface area contributed by atoms with E-state index in [-0.39, 0.29) is 12.2 Å². The van der Waals surface area contributed by atoms with Crippen molar-refractivity contribution in [3.05, 3.63) is 23.8 Å².